The van der Waals surface area contributed by atoms with E-state index in [2.05, 4.69) is 0 Å². The standard InChI is InChI=1S/2C6H14N2O2.ClH.Mn/c2*7-4-2-1-3-5(8)6(9)10;;/h2*5H,1-4,7-8H2,(H,9,10);1H;/q;;;+2/p-2/t2*5-;;/m00../s1. The van der Waals surface area contributed by atoms with Crippen LogP contribution in [0.2, 0.25) is 0 Å². The quantitative estimate of drug-likeness (QED) is 0.225. The normalized spacial score (nSPS) is 11.8. The first kappa shape index (κ1) is 29.6. The fourth-order valence-electron chi connectivity index (χ4n) is 1.25. The van der Waals surface area contributed by atoms with E-state index < -0.39 is 24.0 Å². The second kappa shape index (κ2) is 20.6. The minimum absolute atomic E-state index is 0. The summed E-state index contributed by atoms with van der Waals surface area (Å²) in [6, 6.07) is -1.65. The Kier molecular flexibility index (Phi) is 27.7. The smallest absolute Gasteiger partial charge is 0.548 e. The number of halogens is 1. The summed E-state index contributed by atoms with van der Waals surface area (Å²) in [6.45, 7) is 1.17. The molecule has 0 saturated carbocycles. The summed E-state index contributed by atoms with van der Waals surface area (Å²) in [5, 5.41) is 20.1. The zero-order valence-electron chi connectivity index (χ0n) is 12.5. The van der Waals surface area contributed by atoms with Crippen molar-refractivity contribution in [3.05, 3.63) is 0 Å². The van der Waals surface area contributed by atoms with E-state index in [0.717, 1.165) is 25.7 Å². The van der Waals surface area contributed by atoms with Crippen LogP contribution in [0.15, 0.2) is 0 Å². The summed E-state index contributed by atoms with van der Waals surface area (Å²) < 4.78 is 0. The molecule has 0 rings (SSSR count). The van der Waals surface area contributed by atoms with Gasteiger partial charge in [0, 0.05) is 12.1 Å². The Morgan fingerprint density at radius 2 is 1.05 bits per heavy atom. The van der Waals surface area contributed by atoms with E-state index in [1.165, 1.54) is 0 Å². The van der Waals surface area contributed by atoms with Crippen LogP contribution in [-0.2, 0) is 26.7 Å². The van der Waals surface area contributed by atoms with Crippen LogP contribution in [0.1, 0.15) is 38.5 Å². The number of carbonyl (C=O) groups excluding carboxylic acids is 2. The van der Waals surface area contributed by atoms with Crippen LogP contribution in [0.3, 0.4) is 0 Å². The number of aliphatic carboxylic acids is 2. The van der Waals surface area contributed by atoms with Gasteiger partial charge in [-0.3, -0.25) is 0 Å². The van der Waals surface area contributed by atoms with Crippen LogP contribution >= 0.6 is 12.4 Å². The molecule has 8 N–H and O–H groups in total. The molecule has 10 heteroatoms. The number of rotatable bonds is 10. The van der Waals surface area contributed by atoms with Crippen molar-refractivity contribution in [1.29, 1.82) is 0 Å². The molecule has 0 aliphatic rings. The van der Waals surface area contributed by atoms with Crippen LogP contribution in [-0.4, -0.2) is 37.1 Å². The molecule has 0 fully saturated rings. The number of carboxylic acid groups (broad SMARTS) is 2. The van der Waals surface area contributed by atoms with Crippen molar-refractivity contribution in [3.63, 3.8) is 0 Å². The second-order valence-electron chi connectivity index (χ2n) is 4.42. The van der Waals surface area contributed by atoms with Gasteiger partial charge in [-0.2, -0.15) is 0 Å². The van der Waals surface area contributed by atoms with Crippen molar-refractivity contribution in [2.24, 2.45) is 22.9 Å². The van der Waals surface area contributed by atoms with Gasteiger partial charge < -0.3 is 42.7 Å². The van der Waals surface area contributed by atoms with E-state index >= 15 is 0 Å². The van der Waals surface area contributed by atoms with Crippen molar-refractivity contribution >= 4 is 24.3 Å². The van der Waals surface area contributed by atoms with Crippen LogP contribution in [0, 0.1) is 0 Å². The molecule has 0 saturated heterocycles. The van der Waals surface area contributed by atoms with Gasteiger partial charge in [-0.15, -0.1) is 12.4 Å². The van der Waals surface area contributed by atoms with Gasteiger partial charge in [-0.25, -0.2) is 0 Å². The second-order valence-corrected chi connectivity index (χ2v) is 4.42. The molecule has 2 atom stereocenters. The third-order valence-electron chi connectivity index (χ3n) is 2.54. The number of carbonyl (C=O) groups is 2. The van der Waals surface area contributed by atoms with Gasteiger partial charge in [-0.05, 0) is 38.8 Å². The van der Waals surface area contributed by atoms with Crippen molar-refractivity contribution in [3.8, 4) is 0 Å². The number of hydrogen-bond acceptors (Lipinski definition) is 8. The van der Waals surface area contributed by atoms with Gasteiger partial charge in [-0.1, -0.05) is 12.8 Å². The molecule has 0 aliphatic carbocycles. The Morgan fingerprint density at radius 3 is 1.23 bits per heavy atom. The van der Waals surface area contributed by atoms with Gasteiger partial charge in [0.2, 0.25) is 0 Å². The molecule has 0 bridgehead atoms. The predicted octanol–water partition coefficient (Wildman–Crippen LogP) is -3.20. The molecule has 0 aliphatic heterocycles. The average Bonchev–Trinajstić information content (AvgIpc) is 2.39. The molecule has 0 aromatic heterocycles. The molecule has 133 valence electrons. The van der Waals surface area contributed by atoms with E-state index in [9.17, 15) is 19.8 Å². The summed E-state index contributed by atoms with van der Waals surface area (Å²) in [4.78, 5) is 20.1. The molecule has 0 aromatic carbocycles. The van der Waals surface area contributed by atoms with E-state index in [0.29, 0.717) is 25.9 Å². The molecule has 1 radical (unpaired) electrons. The van der Waals surface area contributed by atoms with E-state index in [-0.39, 0.29) is 29.5 Å². The maximum atomic E-state index is 10.0. The molecule has 22 heavy (non-hydrogen) atoms. The van der Waals surface area contributed by atoms with Gasteiger partial charge in [0.15, 0.2) is 0 Å². The van der Waals surface area contributed by atoms with E-state index in [4.69, 9.17) is 22.9 Å². The van der Waals surface area contributed by atoms with Crippen molar-refractivity contribution in [2.45, 2.75) is 50.6 Å². The fourth-order valence-corrected chi connectivity index (χ4v) is 1.25. The Hall–Kier alpha value is -0.411. The molecule has 0 aromatic rings. The van der Waals surface area contributed by atoms with Crippen LogP contribution in [0.5, 0.6) is 0 Å². The number of nitrogens with two attached hydrogens (primary N) is 4. The Balaban J connectivity index is -0.000000135. The zero-order chi connectivity index (χ0) is 16.0. The number of carboxylic acids is 2. The first-order chi connectivity index (χ1) is 9.36. The minimum atomic E-state index is -1.18. The fraction of sp³-hybridized carbons (Fsp3) is 0.833. The number of hydrogen-bond donors (Lipinski definition) is 4. The SMILES string of the molecule is Cl.NCCCC[C@H](N)C(=O)[O-].NCCCC[C@H](N)C(=O)[O-].[Mn+2]. The zero-order valence-corrected chi connectivity index (χ0v) is 14.5. The van der Waals surface area contributed by atoms with Crippen LogP contribution in [0.25, 0.3) is 0 Å². The third-order valence-corrected chi connectivity index (χ3v) is 2.54. The Bertz CT molecular complexity index is 250. The summed E-state index contributed by atoms with van der Waals surface area (Å²) in [5.74, 6) is -2.37. The van der Waals surface area contributed by atoms with Crippen LogP contribution in [0.4, 0.5) is 0 Å². The minimum Gasteiger partial charge on any atom is -0.548 e. The molecule has 8 nitrogen and oxygen atoms in total. The van der Waals surface area contributed by atoms with Gasteiger partial charge in [0.05, 0.1) is 11.9 Å². The maximum absolute atomic E-state index is 10.0. The summed E-state index contributed by atoms with van der Waals surface area (Å²) >= 11 is 0. The monoisotopic (exact) mass is 381 g/mol. The van der Waals surface area contributed by atoms with E-state index in [1.54, 1.807) is 0 Å². The van der Waals surface area contributed by atoms with Crippen molar-refractivity contribution in [2.75, 3.05) is 13.1 Å². The van der Waals surface area contributed by atoms with Crippen LogP contribution < -0.4 is 33.1 Å². The third kappa shape index (κ3) is 21.9. The molecule has 0 amide bonds. The number of unbranched alkanes of at least 4 members (excludes halogenated alkanes) is 2. The van der Waals surface area contributed by atoms with Gasteiger partial charge in [0.25, 0.3) is 0 Å². The topological polar surface area (TPSA) is 184 Å². The molecule has 0 unspecified atom stereocenters. The molecule has 0 heterocycles. The van der Waals surface area contributed by atoms with Gasteiger partial charge in [0.1, 0.15) is 0 Å². The predicted molar refractivity (Wildman–Crippen MR) is 79.0 cm³/mol. The van der Waals surface area contributed by atoms with Gasteiger partial charge >= 0.3 is 17.1 Å². The Morgan fingerprint density at radius 1 is 0.773 bits per heavy atom. The average molecular weight is 382 g/mol. The summed E-state index contributed by atoms with van der Waals surface area (Å²) in [5.41, 5.74) is 20.7. The Labute approximate surface area is 148 Å². The van der Waals surface area contributed by atoms with Crippen molar-refractivity contribution in [1.82, 2.24) is 0 Å². The first-order valence-corrected chi connectivity index (χ1v) is 6.69. The maximum Gasteiger partial charge on any atom is 2.00 e. The largest absolute Gasteiger partial charge is 2.00 e. The van der Waals surface area contributed by atoms with E-state index in [1.807, 2.05) is 0 Å². The molecule has 0 spiro atoms. The summed E-state index contributed by atoms with van der Waals surface area (Å²) in [7, 11) is 0. The van der Waals surface area contributed by atoms with Crippen molar-refractivity contribution < 1.29 is 36.9 Å². The summed E-state index contributed by atoms with van der Waals surface area (Å²) in [6.07, 6.45) is 4.07. The molecular weight excluding hydrogens is 355 g/mol. The first-order valence-electron chi connectivity index (χ1n) is 6.69. The molecular formula is C12H27ClMnN4O4.